The molecule has 0 heterocycles. The minimum Gasteiger partial charge on any atom is -0.222 e. The van der Waals surface area contributed by atoms with E-state index in [1.54, 1.807) is 0 Å². The summed E-state index contributed by atoms with van der Waals surface area (Å²) < 4.78 is 0. The van der Waals surface area contributed by atoms with E-state index in [-0.39, 0.29) is 0 Å². The maximum atomic E-state index is 8.35. The quantitative estimate of drug-likeness (QED) is 0.347. The van der Waals surface area contributed by atoms with E-state index in [0.29, 0.717) is 0 Å². The van der Waals surface area contributed by atoms with Crippen molar-refractivity contribution in [2.24, 2.45) is 5.92 Å². The van der Waals surface area contributed by atoms with Crippen LogP contribution in [0.5, 0.6) is 0 Å². The van der Waals surface area contributed by atoms with Crippen molar-refractivity contribution >= 4 is 18.2 Å². The van der Waals surface area contributed by atoms with Gasteiger partial charge in [-0.2, -0.15) is 0 Å². The summed E-state index contributed by atoms with van der Waals surface area (Å²) in [6.07, 6.45) is 13.7. The molecule has 0 aliphatic rings. The largest absolute Gasteiger partial charge is 0.231 e. The Morgan fingerprint density at radius 3 is 1.43 bits per heavy atom. The Bertz CT molecular complexity index is 247. The second-order valence-electron chi connectivity index (χ2n) is 4.38. The fraction of sp³-hybridized carbons (Fsp3) is 0.800. The van der Waals surface area contributed by atoms with E-state index in [9.17, 15) is 0 Å². The fourth-order valence-electron chi connectivity index (χ4n) is 1.48. The first-order valence-electron chi connectivity index (χ1n) is 7.17. The first-order chi connectivity index (χ1) is 10.1. The molecule has 6 heteroatoms. The normalized spacial score (nSPS) is 8.71. The van der Waals surface area contributed by atoms with Gasteiger partial charge in [0.1, 0.15) is 0 Å². The molecule has 0 aromatic heterocycles. The van der Waals surface area contributed by atoms with Crippen LogP contribution < -0.4 is 0 Å². The predicted octanol–water partition coefficient (Wildman–Crippen LogP) is 4.49. The molecule has 6 nitrogen and oxygen atoms in total. The predicted molar refractivity (Wildman–Crippen MR) is 82.7 cm³/mol. The van der Waals surface area contributed by atoms with Crippen LogP contribution in [0.1, 0.15) is 72.1 Å². The number of hydrogen-bond acceptors (Lipinski definition) is 6. The molecule has 21 heavy (non-hydrogen) atoms. The molecule has 0 fully saturated rings. The smallest absolute Gasteiger partial charge is 0.222 e. The number of isocyanates is 3. The highest BCUT2D eigenvalue weighted by Gasteiger charge is 1.97. The van der Waals surface area contributed by atoms with Gasteiger partial charge in [-0.1, -0.05) is 72.1 Å². The zero-order valence-electron chi connectivity index (χ0n) is 13.5. The van der Waals surface area contributed by atoms with E-state index >= 15 is 0 Å². The van der Waals surface area contributed by atoms with Gasteiger partial charge in [0.15, 0.2) is 0 Å². The van der Waals surface area contributed by atoms with E-state index in [0.717, 1.165) is 24.2 Å². The van der Waals surface area contributed by atoms with Gasteiger partial charge in [-0.05, 0) is 5.92 Å². The molecule has 0 bridgehead atoms. The van der Waals surface area contributed by atoms with Crippen molar-refractivity contribution in [2.75, 3.05) is 0 Å². The van der Waals surface area contributed by atoms with Gasteiger partial charge in [0.25, 0.3) is 0 Å². The summed E-state index contributed by atoms with van der Waals surface area (Å²) in [5.74, 6) is 0.955. The average Bonchev–Trinajstić information content (AvgIpc) is 2.45. The van der Waals surface area contributed by atoms with Crippen LogP contribution in [-0.2, 0) is 14.4 Å². The lowest BCUT2D eigenvalue weighted by Crippen LogP contribution is -1.91. The highest BCUT2D eigenvalue weighted by Crippen LogP contribution is 2.13. The SMILES string of the molecule is CCCCCCCCC(C)CC.N=C=O.N=C=O.N=C=O. The lowest BCUT2D eigenvalue weighted by molar-refractivity contribution is 0.472. The standard InChI is InChI=1S/C12H26.3CHNO/c1-4-6-7-8-9-10-11-12(3)5-2;3*2-1-3/h12H,4-11H2,1-3H3;3*2H. The average molecular weight is 299 g/mol. The zero-order chi connectivity index (χ0) is 17.4. The summed E-state index contributed by atoms with van der Waals surface area (Å²) in [6.45, 7) is 6.94. The van der Waals surface area contributed by atoms with Crippen molar-refractivity contribution in [3.8, 4) is 0 Å². The maximum Gasteiger partial charge on any atom is 0.231 e. The maximum absolute atomic E-state index is 8.35. The number of rotatable bonds is 8. The minimum atomic E-state index is 0.750. The van der Waals surface area contributed by atoms with Crippen molar-refractivity contribution < 1.29 is 14.4 Å². The highest BCUT2D eigenvalue weighted by molar-refractivity contribution is 5.26. The molecule has 0 aromatic carbocycles. The van der Waals surface area contributed by atoms with Gasteiger partial charge < -0.3 is 0 Å². The Morgan fingerprint density at radius 2 is 1.10 bits per heavy atom. The zero-order valence-corrected chi connectivity index (χ0v) is 13.5. The second kappa shape index (κ2) is 36.2. The third-order valence-corrected chi connectivity index (χ3v) is 2.75. The monoisotopic (exact) mass is 299 g/mol. The minimum absolute atomic E-state index is 0.750. The summed E-state index contributed by atoms with van der Waals surface area (Å²) >= 11 is 0. The van der Waals surface area contributed by atoms with Crippen LogP contribution in [0.2, 0.25) is 0 Å². The van der Waals surface area contributed by atoms with E-state index in [1.807, 2.05) is 0 Å². The molecular weight excluding hydrogens is 270 g/mol. The summed E-state index contributed by atoms with van der Waals surface area (Å²) in [5, 5.41) is 16.2. The van der Waals surface area contributed by atoms with Crippen LogP contribution in [0.4, 0.5) is 0 Å². The highest BCUT2D eigenvalue weighted by atomic mass is 16.1. The van der Waals surface area contributed by atoms with Gasteiger partial charge >= 0.3 is 0 Å². The summed E-state index contributed by atoms with van der Waals surface area (Å²) in [4.78, 5) is 25.0. The van der Waals surface area contributed by atoms with Crippen molar-refractivity contribution in [2.45, 2.75) is 72.1 Å². The number of hydrogen-bond donors (Lipinski definition) is 3. The Hall–Kier alpha value is -1.86. The van der Waals surface area contributed by atoms with Crippen LogP contribution in [0.25, 0.3) is 0 Å². The van der Waals surface area contributed by atoms with Gasteiger partial charge in [0.2, 0.25) is 18.2 Å². The molecular formula is C15H29N3O3. The van der Waals surface area contributed by atoms with Crippen LogP contribution in [0, 0.1) is 22.1 Å². The van der Waals surface area contributed by atoms with Crippen LogP contribution in [-0.4, -0.2) is 18.2 Å². The molecule has 0 saturated heterocycles. The van der Waals surface area contributed by atoms with E-state index in [1.165, 1.54) is 51.4 Å². The molecule has 0 aliphatic heterocycles. The fourth-order valence-corrected chi connectivity index (χ4v) is 1.48. The Morgan fingerprint density at radius 1 is 0.762 bits per heavy atom. The Labute approximate surface area is 127 Å². The van der Waals surface area contributed by atoms with Gasteiger partial charge in [-0.15, -0.1) is 0 Å². The first-order valence-corrected chi connectivity index (χ1v) is 7.17. The van der Waals surface area contributed by atoms with Crippen molar-refractivity contribution in [3.63, 3.8) is 0 Å². The lowest BCUT2D eigenvalue weighted by Gasteiger charge is -2.06. The molecule has 0 aromatic rings. The van der Waals surface area contributed by atoms with Gasteiger partial charge in [-0.3, -0.25) is 0 Å². The van der Waals surface area contributed by atoms with Crippen LogP contribution >= 0.6 is 0 Å². The molecule has 3 N–H and O–H groups in total. The summed E-state index contributed by atoms with van der Waals surface area (Å²) in [5.41, 5.74) is 0. The molecule has 1 atom stereocenters. The van der Waals surface area contributed by atoms with E-state index < -0.39 is 0 Å². The molecule has 1 unspecified atom stereocenters. The number of unbranched alkanes of at least 4 members (excludes halogenated alkanes) is 5. The number of nitrogens with one attached hydrogen (secondary N) is 3. The lowest BCUT2D eigenvalue weighted by atomic mass is 10.00. The molecule has 0 rings (SSSR count). The molecule has 0 amide bonds. The van der Waals surface area contributed by atoms with Gasteiger partial charge in [0, 0.05) is 0 Å². The Balaban J connectivity index is -0.000000132. The molecule has 0 aliphatic carbocycles. The second-order valence-corrected chi connectivity index (χ2v) is 4.38. The molecule has 0 radical (unpaired) electrons. The summed E-state index contributed by atoms with van der Waals surface area (Å²) in [6, 6.07) is 0. The molecule has 0 spiro atoms. The van der Waals surface area contributed by atoms with Crippen LogP contribution in [0.3, 0.4) is 0 Å². The van der Waals surface area contributed by atoms with Crippen molar-refractivity contribution in [3.05, 3.63) is 0 Å². The number of carbonyl (C=O) groups excluding carboxylic acids is 3. The topological polar surface area (TPSA) is 123 Å². The third kappa shape index (κ3) is 71.3. The van der Waals surface area contributed by atoms with Crippen molar-refractivity contribution in [1.29, 1.82) is 16.2 Å². The van der Waals surface area contributed by atoms with E-state index in [2.05, 4.69) is 20.8 Å². The third-order valence-electron chi connectivity index (χ3n) is 2.75. The molecule has 0 saturated carbocycles. The summed E-state index contributed by atoms with van der Waals surface area (Å²) in [7, 11) is 0. The van der Waals surface area contributed by atoms with Crippen molar-refractivity contribution in [1.82, 2.24) is 0 Å². The molecule has 122 valence electrons. The van der Waals surface area contributed by atoms with Gasteiger partial charge in [0.05, 0.1) is 0 Å². The Kier molecular flexibility index (Phi) is 47.3. The van der Waals surface area contributed by atoms with E-state index in [4.69, 9.17) is 30.6 Å². The first kappa shape index (κ1) is 27.5. The van der Waals surface area contributed by atoms with Gasteiger partial charge in [-0.25, -0.2) is 30.6 Å². The van der Waals surface area contributed by atoms with Crippen LogP contribution in [0.15, 0.2) is 0 Å².